The predicted octanol–water partition coefficient (Wildman–Crippen LogP) is 3.36. The molecule has 0 aromatic carbocycles. The topological polar surface area (TPSA) is 37.4 Å². The fourth-order valence-corrected chi connectivity index (χ4v) is 5.57. The standard InChI is InChI=1S/C12H18ClNO2S2/c1-9-12(7-11(8-13)17-9)18(15,16)14(2)10-5-3-4-6-10/h7,10H,3-6,8H2,1-2H3. The summed E-state index contributed by atoms with van der Waals surface area (Å²) < 4.78 is 26.7. The van der Waals surface area contributed by atoms with Crippen LogP contribution < -0.4 is 0 Å². The van der Waals surface area contributed by atoms with Crippen LogP contribution >= 0.6 is 22.9 Å². The molecule has 2 rings (SSSR count). The molecule has 0 spiro atoms. The van der Waals surface area contributed by atoms with Gasteiger partial charge in [-0.15, -0.1) is 22.9 Å². The van der Waals surface area contributed by atoms with E-state index >= 15 is 0 Å². The number of sulfonamides is 1. The van der Waals surface area contributed by atoms with E-state index in [0.29, 0.717) is 10.8 Å². The molecule has 0 atom stereocenters. The van der Waals surface area contributed by atoms with E-state index in [1.165, 1.54) is 11.3 Å². The minimum Gasteiger partial charge on any atom is -0.207 e. The maximum Gasteiger partial charge on any atom is 0.244 e. The van der Waals surface area contributed by atoms with Crippen molar-refractivity contribution in [3.05, 3.63) is 15.8 Å². The first-order chi connectivity index (χ1) is 8.46. The fraction of sp³-hybridized carbons (Fsp3) is 0.667. The maximum absolute atomic E-state index is 12.6. The monoisotopic (exact) mass is 307 g/mol. The second-order valence-electron chi connectivity index (χ2n) is 4.73. The van der Waals surface area contributed by atoms with Gasteiger partial charge in [0.05, 0.1) is 10.8 Å². The van der Waals surface area contributed by atoms with E-state index in [2.05, 4.69) is 0 Å². The van der Waals surface area contributed by atoms with Crippen LogP contribution in [0.3, 0.4) is 0 Å². The summed E-state index contributed by atoms with van der Waals surface area (Å²) in [4.78, 5) is 2.17. The Morgan fingerprint density at radius 3 is 2.56 bits per heavy atom. The van der Waals surface area contributed by atoms with Gasteiger partial charge in [0.15, 0.2) is 0 Å². The van der Waals surface area contributed by atoms with Crippen LogP contribution in [0.25, 0.3) is 0 Å². The van der Waals surface area contributed by atoms with Gasteiger partial charge in [0.1, 0.15) is 0 Å². The molecule has 1 aromatic heterocycles. The zero-order chi connectivity index (χ0) is 13.3. The molecule has 102 valence electrons. The molecular formula is C12H18ClNO2S2. The van der Waals surface area contributed by atoms with E-state index in [1.54, 1.807) is 17.4 Å². The van der Waals surface area contributed by atoms with Crippen molar-refractivity contribution in [2.75, 3.05) is 7.05 Å². The number of thiophene rings is 1. The first-order valence-electron chi connectivity index (χ1n) is 6.10. The van der Waals surface area contributed by atoms with Gasteiger partial charge in [-0.2, -0.15) is 4.31 Å². The lowest BCUT2D eigenvalue weighted by Crippen LogP contribution is -2.35. The van der Waals surface area contributed by atoms with Gasteiger partial charge in [0, 0.05) is 22.8 Å². The van der Waals surface area contributed by atoms with Gasteiger partial charge in [-0.25, -0.2) is 8.42 Å². The van der Waals surface area contributed by atoms with Gasteiger partial charge < -0.3 is 0 Å². The number of halogens is 1. The molecule has 0 aliphatic heterocycles. The highest BCUT2D eigenvalue weighted by Crippen LogP contribution is 2.32. The lowest BCUT2D eigenvalue weighted by Gasteiger charge is -2.23. The first kappa shape index (κ1) is 14.3. The summed E-state index contributed by atoms with van der Waals surface area (Å²) in [5, 5.41) is 0. The Morgan fingerprint density at radius 2 is 2.06 bits per heavy atom. The average Bonchev–Trinajstić information content (AvgIpc) is 2.96. The molecule has 0 saturated heterocycles. The zero-order valence-electron chi connectivity index (χ0n) is 10.6. The molecule has 6 heteroatoms. The van der Waals surface area contributed by atoms with Crippen molar-refractivity contribution in [1.29, 1.82) is 0 Å². The largest absolute Gasteiger partial charge is 0.244 e. The third kappa shape index (κ3) is 2.59. The van der Waals surface area contributed by atoms with E-state index in [-0.39, 0.29) is 6.04 Å². The Labute approximate surface area is 118 Å². The van der Waals surface area contributed by atoms with E-state index in [1.807, 2.05) is 6.92 Å². The lowest BCUT2D eigenvalue weighted by atomic mass is 10.3. The Morgan fingerprint density at radius 1 is 1.44 bits per heavy atom. The van der Waals surface area contributed by atoms with Crippen LogP contribution in [0, 0.1) is 6.92 Å². The highest BCUT2D eigenvalue weighted by Gasteiger charge is 2.31. The van der Waals surface area contributed by atoms with Gasteiger partial charge in [-0.3, -0.25) is 0 Å². The Bertz CT molecular complexity index is 518. The van der Waals surface area contributed by atoms with Crippen LogP contribution in [0.15, 0.2) is 11.0 Å². The summed E-state index contributed by atoms with van der Waals surface area (Å²) in [5.41, 5.74) is 0. The molecule has 18 heavy (non-hydrogen) atoms. The van der Waals surface area contributed by atoms with Crippen LogP contribution in [0.4, 0.5) is 0 Å². The second kappa shape index (κ2) is 5.49. The van der Waals surface area contributed by atoms with Crippen molar-refractivity contribution in [1.82, 2.24) is 4.31 Å². The van der Waals surface area contributed by atoms with Crippen LogP contribution in [-0.4, -0.2) is 25.8 Å². The van der Waals surface area contributed by atoms with Crippen molar-refractivity contribution in [3.63, 3.8) is 0 Å². The number of alkyl halides is 1. The van der Waals surface area contributed by atoms with Crippen LogP contribution in [0.5, 0.6) is 0 Å². The summed E-state index contributed by atoms with van der Waals surface area (Å²) in [6.07, 6.45) is 4.20. The SMILES string of the molecule is Cc1sc(CCl)cc1S(=O)(=O)N(C)C1CCCC1. The van der Waals surface area contributed by atoms with Gasteiger partial charge in [0.2, 0.25) is 10.0 Å². The molecule has 0 radical (unpaired) electrons. The predicted molar refractivity (Wildman–Crippen MR) is 75.8 cm³/mol. The van der Waals surface area contributed by atoms with Crippen molar-refractivity contribution >= 4 is 33.0 Å². The van der Waals surface area contributed by atoms with E-state index < -0.39 is 10.0 Å². The van der Waals surface area contributed by atoms with E-state index in [0.717, 1.165) is 35.4 Å². The summed E-state index contributed by atoms with van der Waals surface area (Å²) >= 11 is 7.23. The third-order valence-electron chi connectivity index (χ3n) is 3.55. The van der Waals surface area contributed by atoms with E-state index in [9.17, 15) is 8.42 Å². The third-order valence-corrected chi connectivity index (χ3v) is 7.21. The quantitative estimate of drug-likeness (QED) is 0.800. The highest BCUT2D eigenvalue weighted by atomic mass is 35.5. The summed E-state index contributed by atoms with van der Waals surface area (Å²) in [6, 6.07) is 1.88. The number of hydrogen-bond donors (Lipinski definition) is 0. The molecule has 1 aliphatic carbocycles. The molecule has 1 saturated carbocycles. The average molecular weight is 308 g/mol. The Kier molecular flexibility index (Phi) is 4.36. The molecule has 0 N–H and O–H groups in total. The molecular weight excluding hydrogens is 290 g/mol. The molecule has 1 aliphatic rings. The number of hydrogen-bond acceptors (Lipinski definition) is 3. The molecule has 3 nitrogen and oxygen atoms in total. The Hall–Kier alpha value is -0.100. The Balaban J connectivity index is 2.31. The first-order valence-corrected chi connectivity index (χ1v) is 8.89. The summed E-state index contributed by atoms with van der Waals surface area (Å²) in [6.45, 7) is 1.84. The molecule has 1 heterocycles. The van der Waals surface area contributed by atoms with Gasteiger partial charge in [-0.1, -0.05) is 12.8 Å². The van der Waals surface area contributed by atoms with Crippen molar-refractivity contribution in [2.24, 2.45) is 0 Å². The normalized spacial score (nSPS) is 17.8. The summed E-state index contributed by atoms with van der Waals surface area (Å²) in [7, 11) is -1.66. The smallest absolute Gasteiger partial charge is 0.207 e. The fourth-order valence-electron chi connectivity index (χ4n) is 2.47. The van der Waals surface area contributed by atoms with Gasteiger partial charge >= 0.3 is 0 Å². The number of rotatable bonds is 4. The van der Waals surface area contributed by atoms with Gasteiger partial charge in [-0.05, 0) is 25.8 Å². The maximum atomic E-state index is 12.6. The van der Waals surface area contributed by atoms with Crippen molar-refractivity contribution in [3.8, 4) is 0 Å². The zero-order valence-corrected chi connectivity index (χ0v) is 13.0. The minimum absolute atomic E-state index is 0.161. The molecule has 1 aromatic rings. The minimum atomic E-state index is -3.36. The van der Waals surface area contributed by atoms with Crippen LogP contribution in [0.1, 0.15) is 35.4 Å². The van der Waals surface area contributed by atoms with Crippen LogP contribution in [0.2, 0.25) is 0 Å². The van der Waals surface area contributed by atoms with Crippen molar-refractivity contribution in [2.45, 2.75) is 49.4 Å². The van der Waals surface area contributed by atoms with Crippen LogP contribution in [-0.2, 0) is 15.9 Å². The summed E-state index contributed by atoms with van der Waals surface area (Å²) in [5.74, 6) is 0.369. The van der Waals surface area contributed by atoms with E-state index in [4.69, 9.17) is 11.6 Å². The van der Waals surface area contributed by atoms with Gasteiger partial charge in [0.25, 0.3) is 0 Å². The molecule has 0 bridgehead atoms. The molecule has 0 amide bonds. The number of nitrogens with zero attached hydrogens (tertiary/aromatic N) is 1. The second-order valence-corrected chi connectivity index (χ2v) is 8.30. The van der Waals surface area contributed by atoms with Crippen molar-refractivity contribution < 1.29 is 8.42 Å². The highest BCUT2D eigenvalue weighted by molar-refractivity contribution is 7.89. The molecule has 1 fully saturated rings. The number of aryl methyl sites for hydroxylation is 1. The molecule has 0 unspecified atom stereocenters. The lowest BCUT2D eigenvalue weighted by molar-refractivity contribution is 0.373.